The van der Waals surface area contributed by atoms with Gasteiger partial charge in [-0.1, -0.05) is 13.3 Å². The Balaban J connectivity index is 1.69. The number of carbonyl (C=O) groups is 2. The van der Waals surface area contributed by atoms with Crippen LogP contribution in [0.2, 0.25) is 0 Å². The third kappa shape index (κ3) is 4.18. The zero-order chi connectivity index (χ0) is 17.8. The molecule has 134 valence electrons. The molecule has 0 aliphatic heterocycles. The van der Waals surface area contributed by atoms with Crippen molar-refractivity contribution in [1.82, 2.24) is 9.88 Å². The molecule has 0 unspecified atom stereocenters. The molecule has 1 heterocycles. The molecule has 0 spiro atoms. The van der Waals surface area contributed by atoms with E-state index >= 15 is 0 Å². The van der Waals surface area contributed by atoms with Crippen molar-refractivity contribution in [2.24, 2.45) is 11.8 Å². The molecule has 0 N–H and O–H groups in total. The molecule has 2 atom stereocenters. The second kappa shape index (κ2) is 7.95. The number of hydrogen-bond acceptors (Lipinski definition) is 5. The highest BCUT2D eigenvalue weighted by Gasteiger charge is 2.45. The summed E-state index contributed by atoms with van der Waals surface area (Å²) in [6, 6.07) is 5.67. The summed E-state index contributed by atoms with van der Waals surface area (Å²) in [5.41, 5.74) is 3.41. The van der Waals surface area contributed by atoms with Crippen LogP contribution in [-0.2, 0) is 9.53 Å². The second-order valence-electron chi connectivity index (χ2n) is 6.49. The van der Waals surface area contributed by atoms with Gasteiger partial charge in [0.2, 0.25) is 0 Å². The average Bonchev–Trinajstić information content (AvgIpc) is 3.23. The first-order valence-electron chi connectivity index (χ1n) is 8.93. The third-order valence-electron chi connectivity index (χ3n) is 4.61. The SMILES string of the molecule is CCCCN(C[C@@H]1C[C@@H]1C(=O)OCC)C(=O)c1ccc2ncsc2c1. The second-order valence-corrected chi connectivity index (χ2v) is 7.38. The normalized spacial score (nSPS) is 19.0. The lowest BCUT2D eigenvalue weighted by Crippen LogP contribution is -2.34. The van der Waals surface area contributed by atoms with E-state index in [1.807, 2.05) is 30.0 Å². The number of nitrogens with zero attached hydrogens (tertiary/aromatic N) is 2. The van der Waals surface area contributed by atoms with Gasteiger partial charge in [0.1, 0.15) is 0 Å². The van der Waals surface area contributed by atoms with Gasteiger partial charge in [-0.3, -0.25) is 9.59 Å². The van der Waals surface area contributed by atoms with E-state index in [2.05, 4.69) is 11.9 Å². The van der Waals surface area contributed by atoms with Gasteiger partial charge in [0.25, 0.3) is 5.91 Å². The van der Waals surface area contributed by atoms with Gasteiger partial charge in [-0.05, 0) is 43.9 Å². The van der Waals surface area contributed by atoms with Crippen molar-refractivity contribution in [3.8, 4) is 0 Å². The molecular weight excluding hydrogens is 336 g/mol. The highest BCUT2D eigenvalue weighted by atomic mass is 32.1. The zero-order valence-electron chi connectivity index (χ0n) is 14.7. The molecule has 1 fully saturated rings. The standard InChI is InChI=1S/C19H24N2O3S/c1-3-5-8-21(11-14-9-15(14)19(23)24-4-2)18(22)13-6-7-16-17(10-13)25-12-20-16/h6-7,10,12,14-15H,3-5,8-9,11H2,1-2H3/t14-,15-/m0/s1. The average molecular weight is 360 g/mol. The topological polar surface area (TPSA) is 59.5 Å². The maximum atomic E-state index is 13.0. The first-order chi connectivity index (χ1) is 12.1. The van der Waals surface area contributed by atoms with Crippen LogP contribution in [0.4, 0.5) is 0 Å². The predicted octanol–water partition coefficient (Wildman–Crippen LogP) is 3.74. The summed E-state index contributed by atoms with van der Waals surface area (Å²) in [6.45, 7) is 5.70. The number of unbranched alkanes of at least 4 members (excludes halogenated alkanes) is 1. The molecule has 1 aliphatic rings. The Morgan fingerprint density at radius 2 is 2.20 bits per heavy atom. The molecule has 0 radical (unpaired) electrons. The molecule has 2 aromatic rings. The summed E-state index contributed by atoms with van der Waals surface area (Å²) < 4.78 is 6.12. The third-order valence-corrected chi connectivity index (χ3v) is 5.41. The summed E-state index contributed by atoms with van der Waals surface area (Å²) >= 11 is 1.54. The van der Waals surface area contributed by atoms with Crippen molar-refractivity contribution < 1.29 is 14.3 Å². The number of fused-ring (bicyclic) bond motifs is 1. The van der Waals surface area contributed by atoms with E-state index in [1.54, 1.807) is 16.8 Å². The maximum Gasteiger partial charge on any atom is 0.309 e. The molecular formula is C19H24N2O3S. The molecule has 1 saturated carbocycles. The lowest BCUT2D eigenvalue weighted by Gasteiger charge is -2.23. The quantitative estimate of drug-likeness (QED) is 0.673. The van der Waals surface area contributed by atoms with Crippen LogP contribution in [0.15, 0.2) is 23.7 Å². The Labute approximate surface area is 152 Å². The summed E-state index contributed by atoms with van der Waals surface area (Å²) in [4.78, 5) is 31.0. The zero-order valence-corrected chi connectivity index (χ0v) is 15.6. The molecule has 1 aromatic carbocycles. The minimum Gasteiger partial charge on any atom is -0.466 e. The fraction of sp³-hybridized carbons (Fsp3) is 0.526. The monoisotopic (exact) mass is 360 g/mol. The minimum absolute atomic E-state index is 0.0401. The van der Waals surface area contributed by atoms with E-state index in [4.69, 9.17) is 4.74 Å². The smallest absolute Gasteiger partial charge is 0.309 e. The number of aromatic nitrogens is 1. The van der Waals surface area contributed by atoms with Gasteiger partial charge < -0.3 is 9.64 Å². The van der Waals surface area contributed by atoms with E-state index in [0.717, 1.165) is 36.0 Å². The maximum absolute atomic E-state index is 13.0. The van der Waals surface area contributed by atoms with Gasteiger partial charge >= 0.3 is 5.97 Å². The molecule has 0 saturated heterocycles. The molecule has 6 heteroatoms. The van der Waals surface area contributed by atoms with Gasteiger partial charge in [0, 0.05) is 18.7 Å². The Bertz CT molecular complexity index is 758. The van der Waals surface area contributed by atoms with Crippen molar-refractivity contribution in [3.63, 3.8) is 0 Å². The predicted molar refractivity (Wildman–Crippen MR) is 98.7 cm³/mol. The first-order valence-corrected chi connectivity index (χ1v) is 9.81. The Hall–Kier alpha value is -1.95. The van der Waals surface area contributed by atoms with Crippen LogP contribution in [0.3, 0.4) is 0 Å². The van der Waals surface area contributed by atoms with Gasteiger partial charge in [0.15, 0.2) is 0 Å². The minimum atomic E-state index is -0.124. The summed E-state index contributed by atoms with van der Waals surface area (Å²) in [5.74, 6) is 0.104. The van der Waals surface area contributed by atoms with Crippen LogP contribution in [0.5, 0.6) is 0 Å². The van der Waals surface area contributed by atoms with Gasteiger partial charge in [-0.15, -0.1) is 11.3 Å². The number of carbonyl (C=O) groups excluding carboxylic acids is 2. The number of esters is 1. The summed E-state index contributed by atoms with van der Waals surface area (Å²) in [7, 11) is 0. The number of thiazole rings is 1. The van der Waals surface area contributed by atoms with Gasteiger partial charge in [-0.25, -0.2) is 4.98 Å². The molecule has 1 aliphatic carbocycles. The van der Waals surface area contributed by atoms with E-state index in [-0.39, 0.29) is 23.7 Å². The van der Waals surface area contributed by atoms with Crippen LogP contribution in [-0.4, -0.2) is 41.5 Å². The Morgan fingerprint density at radius 3 is 2.96 bits per heavy atom. The van der Waals surface area contributed by atoms with Crippen molar-refractivity contribution in [2.45, 2.75) is 33.1 Å². The van der Waals surface area contributed by atoms with Crippen molar-refractivity contribution >= 4 is 33.4 Å². The summed E-state index contributed by atoms with van der Waals surface area (Å²) in [5, 5.41) is 0. The Kier molecular flexibility index (Phi) is 5.68. The fourth-order valence-electron chi connectivity index (χ4n) is 3.07. The molecule has 1 amide bonds. The first kappa shape index (κ1) is 17.9. The molecule has 3 rings (SSSR count). The van der Waals surface area contributed by atoms with Crippen LogP contribution >= 0.6 is 11.3 Å². The van der Waals surface area contributed by atoms with Crippen LogP contribution in [0.1, 0.15) is 43.5 Å². The fourth-order valence-corrected chi connectivity index (χ4v) is 3.78. The molecule has 1 aromatic heterocycles. The van der Waals surface area contributed by atoms with Crippen molar-refractivity contribution in [1.29, 1.82) is 0 Å². The van der Waals surface area contributed by atoms with Crippen molar-refractivity contribution in [2.75, 3.05) is 19.7 Å². The number of rotatable bonds is 8. The lowest BCUT2D eigenvalue weighted by atomic mass is 10.1. The van der Waals surface area contributed by atoms with Crippen LogP contribution < -0.4 is 0 Å². The van der Waals surface area contributed by atoms with E-state index < -0.39 is 0 Å². The number of hydrogen-bond donors (Lipinski definition) is 0. The van der Waals surface area contributed by atoms with Crippen LogP contribution in [0, 0.1) is 11.8 Å². The largest absolute Gasteiger partial charge is 0.466 e. The van der Waals surface area contributed by atoms with Crippen molar-refractivity contribution in [3.05, 3.63) is 29.3 Å². The lowest BCUT2D eigenvalue weighted by molar-refractivity contribution is -0.145. The number of ether oxygens (including phenoxy) is 1. The number of amides is 1. The molecule has 0 bridgehead atoms. The molecule has 5 nitrogen and oxygen atoms in total. The van der Waals surface area contributed by atoms with Gasteiger partial charge in [0.05, 0.1) is 28.3 Å². The summed E-state index contributed by atoms with van der Waals surface area (Å²) in [6.07, 6.45) is 2.82. The van der Waals surface area contributed by atoms with Crippen LogP contribution in [0.25, 0.3) is 10.2 Å². The van der Waals surface area contributed by atoms with Gasteiger partial charge in [-0.2, -0.15) is 0 Å². The Morgan fingerprint density at radius 1 is 1.36 bits per heavy atom. The number of benzene rings is 1. The van der Waals surface area contributed by atoms with E-state index in [1.165, 1.54) is 0 Å². The highest BCUT2D eigenvalue weighted by Crippen LogP contribution is 2.40. The molecule has 25 heavy (non-hydrogen) atoms. The van der Waals surface area contributed by atoms with E-state index in [9.17, 15) is 9.59 Å². The highest BCUT2D eigenvalue weighted by molar-refractivity contribution is 7.16. The van der Waals surface area contributed by atoms with E-state index in [0.29, 0.717) is 18.7 Å².